The molecule has 1 rings (SSSR count). The first-order valence-corrected chi connectivity index (χ1v) is 5.00. The van der Waals surface area contributed by atoms with E-state index in [1.165, 1.54) is 0 Å². The number of aliphatic hydroxyl groups is 1. The smallest absolute Gasteiger partial charge is 0.146 e. The summed E-state index contributed by atoms with van der Waals surface area (Å²) in [7, 11) is 0. The molecule has 0 bridgehead atoms. The summed E-state index contributed by atoms with van der Waals surface area (Å²) >= 11 is 0. The second kappa shape index (κ2) is 4.20. The van der Waals surface area contributed by atoms with Gasteiger partial charge >= 0.3 is 0 Å². The zero-order chi connectivity index (χ0) is 9.90. The summed E-state index contributed by atoms with van der Waals surface area (Å²) in [6, 6.07) is 0. The molecule has 0 aromatic heterocycles. The Labute approximate surface area is 79.7 Å². The lowest BCUT2D eigenvalue weighted by molar-refractivity contribution is -0.120. The van der Waals surface area contributed by atoms with Crippen LogP contribution in [0.5, 0.6) is 0 Å². The molecule has 1 fully saturated rings. The third-order valence-electron chi connectivity index (χ3n) is 2.46. The second-order valence-corrected chi connectivity index (χ2v) is 4.25. The highest BCUT2D eigenvalue weighted by atomic mass is 16.3. The molecule has 0 radical (unpaired) electrons. The first kappa shape index (κ1) is 10.7. The van der Waals surface area contributed by atoms with Crippen LogP contribution in [0.3, 0.4) is 0 Å². The molecular weight excluding hydrogens is 166 g/mol. The van der Waals surface area contributed by atoms with Gasteiger partial charge in [0.1, 0.15) is 5.78 Å². The van der Waals surface area contributed by atoms with E-state index in [0.717, 1.165) is 19.4 Å². The second-order valence-electron chi connectivity index (χ2n) is 4.25. The molecule has 0 amide bonds. The van der Waals surface area contributed by atoms with Crippen molar-refractivity contribution < 1.29 is 9.90 Å². The first-order chi connectivity index (χ1) is 6.03. The van der Waals surface area contributed by atoms with Crippen molar-refractivity contribution in [3.8, 4) is 0 Å². The number of hydrogen-bond donors (Lipinski definition) is 1. The minimum absolute atomic E-state index is 0.292. The van der Waals surface area contributed by atoms with Crippen LogP contribution < -0.4 is 0 Å². The fourth-order valence-electron chi connectivity index (χ4n) is 1.78. The number of rotatable bonds is 4. The first-order valence-electron chi connectivity index (χ1n) is 5.00. The number of β-amino-alcohol motifs (C(OH)–C–C–N with tert-alkyl or cyclic N) is 1. The van der Waals surface area contributed by atoms with Crippen molar-refractivity contribution in [1.29, 1.82) is 0 Å². The summed E-state index contributed by atoms with van der Waals surface area (Å²) in [5, 5.41) is 9.65. The molecule has 1 N–H and O–H groups in total. The van der Waals surface area contributed by atoms with Gasteiger partial charge in [0.05, 0.1) is 12.1 Å². The Bertz CT molecular complexity index is 189. The number of nitrogens with zero attached hydrogens (tertiary/aromatic N) is 1. The summed E-state index contributed by atoms with van der Waals surface area (Å²) in [6.07, 6.45) is 2.37. The molecule has 1 aliphatic rings. The van der Waals surface area contributed by atoms with Gasteiger partial charge < -0.3 is 5.11 Å². The van der Waals surface area contributed by atoms with E-state index in [-0.39, 0.29) is 0 Å². The van der Waals surface area contributed by atoms with E-state index in [9.17, 15) is 9.90 Å². The van der Waals surface area contributed by atoms with Gasteiger partial charge in [-0.2, -0.15) is 0 Å². The zero-order valence-electron chi connectivity index (χ0n) is 8.55. The van der Waals surface area contributed by atoms with Gasteiger partial charge in [-0.05, 0) is 19.8 Å². The van der Waals surface area contributed by atoms with Crippen molar-refractivity contribution in [2.45, 2.75) is 38.7 Å². The van der Waals surface area contributed by atoms with Crippen LogP contribution in [0.25, 0.3) is 0 Å². The van der Waals surface area contributed by atoms with Gasteiger partial charge in [0.25, 0.3) is 0 Å². The molecule has 1 heterocycles. The Hall–Kier alpha value is -0.410. The molecule has 0 aromatic carbocycles. The van der Waals surface area contributed by atoms with Gasteiger partial charge in [0, 0.05) is 19.5 Å². The van der Waals surface area contributed by atoms with E-state index in [0.29, 0.717) is 25.3 Å². The fraction of sp³-hybridized carbons (Fsp3) is 0.900. The van der Waals surface area contributed by atoms with E-state index in [1.54, 1.807) is 0 Å². The maximum absolute atomic E-state index is 11.3. The lowest BCUT2D eigenvalue weighted by Gasteiger charge is -2.17. The lowest BCUT2D eigenvalue weighted by Crippen LogP contribution is -2.32. The zero-order valence-corrected chi connectivity index (χ0v) is 8.55. The topological polar surface area (TPSA) is 40.5 Å². The molecule has 1 atom stereocenters. The van der Waals surface area contributed by atoms with Crippen LogP contribution in [0.4, 0.5) is 0 Å². The fourth-order valence-corrected chi connectivity index (χ4v) is 1.78. The number of likely N-dealkylation sites (tertiary alicyclic amines) is 1. The molecule has 0 saturated carbocycles. The third-order valence-corrected chi connectivity index (χ3v) is 2.46. The van der Waals surface area contributed by atoms with Gasteiger partial charge in [0.2, 0.25) is 0 Å². The van der Waals surface area contributed by atoms with Crippen LogP contribution in [0.1, 0.15) is 33.1 Å². The number of carbonyl (C=O) groups is 1. The molecule has 0 aliphatic carbocycles. The predicted octanol–water partition coefficient (Wildman–Crippen LogP) is 0.812. The monoisotopic (exact) mass is 185 g/mol. The maximum atomic E-state index is 11.3. The minimum Gasteiger partial charge on any atom is -0.389 e. The van der Waals surface area contributed by atoms with E-state index in [4.69, 9.17) is 0 Å². The largest absolute Gasteiger partial charge is 0.389 e. The highest BCUT2D eigenvalue weighted by Gasteiger charge is 2.31. The predicted molar refractivity (Wildman–Crippen MR) is 51.6 cm³/mol. The molecule has 3 nitrogen and oxygen atoms in total. The van der Waals surface area contributed by atoms with Gasteiger partial charge in [-0.15, -0.1) is 0 Å². The van der Waals surface area contributed by atoms with Crippen molar-refractivity contribution in [2.75, 3.05) is 19.6 Å². The minimum atomic E-state index is -0.577. The highest BCUT2D eigenvalue weighted by Crippen LogP contribution is 2.19. The standard InChI is InChI=1S/C10H19NO2/c1-3-4-9(12)7-11-6-5-10(2,13)8-11/h13H,3-8H2,1-2H3. The SMILES string of the molecule is CCCC(=O)CN1CCC(C)(O)C1. The molecule has 3 heteroatoms. The molecule has 0 aromatic rings. The van der Waals surface area contributed by atoms with Gasteiger partial charge in [-0.25, -0.2) is 0 Å². The van der Waals surface area contributed by atoms with Gasteiger partial charge in [-0.1, -0.05) is 6.92 Å². The number of Topliss-reactive ketones (excluding diaryl/α,β-unsaturated/α-hetero) is 1. The van der Waals surface area contributed by atoms with E-state index in [2.05, 4.69) is 0 Å². The Morgan fingerprint density at radius 3 is 2.77 bits per heavy atom. The van der Waals surface area contributed by atoms with Crippen molar-refractivity contribution in [3.05, 3.63) is 0 Å². The maximum Gasteiger partial charge on any atom is 0.146 e. The van der Waals surface area contributed by atoms with E-state index < -0.39 is 5.60 Å². The third kappa shape index (κ3) is 3.44. The average Bonchev–Trinajstić information content (AvgIpc) is 2.30. The molecule has 1 aliphatic heterocycles. The van der Waals surface area contributed by atoms with Crippen LogP contribution >= 0.6 is 0 Å². The Balaban J connectivity index is 2.28. The van der Waals surface area contributed by atoms with Gasteiger partial charge in [0.15, 0.2) is 0 Å². The summed E-state index contributed by atoms with van der Waals surface area (Å²) in [4.78, 5) is 13.3. The van der Waals surface area contributed by atoms with Crippen LogP contribution in [-0.4, -0.2) is 41.0 Å². The van der Waals surface area contributed by atoms with Crippen LogP contribution in [0, 0.1) is 0 Å². The molecule has 1 unspecified atom stereocenters. The summed E-state index contributed by atoms with van der Waals surface area (Å²) in [5.74, 6) is 0.292. The Morgan fingerprint density at radius 2 is 2.31 bits per heavy atom. The number of ketones is 1. The average molecular weight is 185 g/mol. The van der Waals surface area contributed by atoms with E-state index in [1.807, 2.05) is 18.7 Å². The number of carbonyl (C=O) groups excluding carboxylic acids is 1. The van der Waals surface area contributed by atoms with Crippen molar-refractivity contribution >= 4 is 5.78 Å². The Kier molecular flexibility index (Phi) is 3.45. The highest BCUT2D eigenvalue weighted by molar-refractivity contribution is 5.80. The van der Waals surface area contributed by atoms with Gasteiger partial charge in [-0.3, -0.25) is 9.69 Å². The van der Waals surface area contributed by atoms with Crippen molar-refractivity contribution in [2.24, 2.45) is 0 Å². The molecular formula is C10H19NO2. The Morgan fingerprint density at radius 1 is 1.62 bits per heavy atom. The van der Waals surface area contributed by atoms with Crippen LogP contribution in [-0.2, 0) is 4.79 Å². The quantitative estimate of drug-likeness (QED) is 0.704. The van der Waals surface area contributed by atoms with Crippen LogP contribution in [0.2, 0.25) is 0 Å². The van der Waals surface area contributed by atoms with Crippen molar-refractivity contribution in [1.82, 2.24) is 4.90 Å². The number of hydrogen-bond acceptors (Lipinski definition) is 3. The summed E-state index contributed by atoms with van der Waals surface area (Å²) in [5.41, 5.74) is -0.577. The molecule has 13 heavy (non-hydrogen) atoms. The van der Waals surface area contributed by atoms with Crippen LogP contribution in [0.15, 0.2) is 0 Å². The molecule has 0 spiro atoms. The summed E-state index contributed by atoms with van der Waals surface area (Å²) < 4.78 is 0. The normalized spacial score (nSPS) is 29.5. The van der Waals surface area contributed by atoms with Crippen molar-refractivity contribution in [3.63, 3.8) is 0 Å². The summed E-state index contributed by atoms with van der Waals surface area (Å²) in [6.45, 7) is 5.85. The molecule has 1 saturated heterocycles. The van der Waals surface area contributed by atoms with E-state index >= 15 is 0 Å². The molecule has 76 valence electrons. The lowest BCUT2D eigenvalue weighted by atomic mass is 10.1.